The first kappa shape index (κ1) is 15.9. The fourth-order valence-corrected chi connectivity index (χ4v) is 2.60. The molecule has 0 bridgehead atoms. The fourth-order valence-electron chi connectivity index (χ4n) is 2.60. The Hall–Kier alpha value is -1.43. The van der Waals surface area contributed by atoms with Crippen LogP contribution in [0.4, 0.5) is 5.69 Å². The van der Waals surface area contributed by atoms with E-state index in [1.54, 1.807) is 0 Å². The summed E-state index contributed by atoms with van der Waals surface area (Å²) in [5, 5.41) is 15.1. The van der Waals surface area contributed by atoms with Crippen LogP contribution in [-0.2, 0) is 16.0 Å². The van der Waals surface area contributed by atoms with Crippen LogP contribution in [0.15, 0.2) is 24.3 Å². The number of ether oxygens (including phenoxy) is 1. The fraction of sp³-hybridized carbons (Fsp3) is 0.562. The van der Waals surface area contributed by atoms with E-state index in [0.717, 1.165) is 30.6 Å². The van der Waals surface area contributed by atoms with Gasteiger partial charge in [-0.05, 0) is 37.1 Å². The Labute approximate surface area is 125 Å². The number of aryl methyl sites for hydroxylation is 1. The minimum atomic E-state index is -0.147. The molecule has 2 unspecified atom stereocenters. The number of nitrogens with one attached hydrogen (secondary N) is 2. The minimum Gasteiger partial charge on any atom is -0.396 e. The Balaban J connectivity index is 1.95. The van der Waals surface area contributed by atoms with E-state index in [0.29, 0.717) is 13.2 Å². The molecule has 1 fully saturated rings. The Morgan fingerprint density at radius 2 is 2.29 bits per heavy atom. The van der Waals surface area contributed by atoms with Gasteiger partial charge in [-0.15, -0.1) is 0 Å². The van der Waals surface area contributed by atoms with Crippen molar-refractivity contribution in [2.24, 2.45) is 5.92 Å². The normalized spacial score (nSPS) is 21.4. The van der Waals surface area contributed by atoms with Gasteiger partial charge in [-0.3, -0.25) is 4.79 Å². The minimum absolute atomic E-state index is 0.00208. The number of rotatable bonds is 7. The summed E-state index contributed by atoms with van der Waals surface area (Å²) >= 11 is 0. The van der Waals surface area contributed by atoms with Crippen LogP contribution in [0.3, 0.4) is 0 Å². The Morgan fingerprint density at radius 3 is 3.05 bits per heavy atom. The second-order valence-electron chi connectivity index (χ2n) is 5.32. The lowest BCUT2D eigenvalue weighted by atomic mass is 10.0. The maximum atomic E-state index is 12.4. The van der Waals surface area contributed by atoms with Gasteiger partial charge in [0, 0.05) is 18.3 Å². The number of amides is 1. The zero-order valence-corrected chi connectivity index (χ0v) is 12.5. The summed E-state index contributed by atoms with van der Waals surface area (Å²) < 4.78 is 5.41. The standard InChI is InChI=1S/C16H24N2O3/c1-2-17-15-11-21-10-14(15)16(20)18-13-7-3-5-12(9-13)6-4-8-19/h3,5,7,9,14-15,17,19H,2,4,6,8,10-11H2,1H3,(H,18,20). The molecule has 116 valence electrons. The molecule has 1 aliphatic heterocycles. The van der Waals surface area contributed by atoms with Crippen LogP contribution in [0.5, 0.6) is 0 Å². The van der Waals surface area contributed by atoms with Crippen molar-refractivity contribution in [2.75, 3.05) is 31.7 Å². The van der Waals surface area contributed by atoms with Crippen molar-refractivity contribution < 1.29 is 14.6 Å². The summed E-state index contributed by atoms with van der Waals surface area (Å²) in [5.74, 6) is -0.149. The highest BCUT2D eigenvalue weighted by molar-refractivity contribution is 5.93. The predicted octanol–water partition coefficient (Wildman–Crippen LogP) is 1.17. The molecule has 5 heteroatoms. The average Bonchev–Trinajstić information content (AvgIpc) is 2.94. The van der Waals surface area contributed by atoms with E-state index in [2.05, 4.69) is 10.6 Å². The van der Waals surface area contributed by atoms with Crippen molar-refractivity contribution >= 4 is 11.6 Å². The number of aliphatic hydroxyl groups excluding tert-OH is 1. The molecule has 0 spiro atoms. The summed E-state index contributed by atoms with van der Waals surface area (Å²) in [7, 11) is 0. The highest BCUT2D eigenvalue weighted by Crippen LogP contribution is 2.18. The average molecular weight is 292 g/mol. The molecule has 3 N–H and O–H groups in total. The van der Waals surface area contributed by atoms with E-state index in [1.807, 2.05) is 31.2 Å². The molecule has 0 radical (unpaired) electrons. The van der Waals surface area contributed by atoms with Gasteiger partial charge in [-0.25, -0.2) is 0 Å². The molecule has 21 heavy (non-hydrogen) atoms. The van der Waals surface area contributed by atoms with Crippen molar-refractivity contribution in [3.05, 3.63) is 29.8 Å². The largest absolute Gasteiger partial charge is 0.396 e. The van der Waals surface area contributed by atoms with Crippen LogP contribution in [0.1, 0.15) is 18.9 Å². The molecular weight excluding hydrogens is 268 g/mol. The Kier molecular flexibility index (Phi) is 6.17. The third-order valence-electron chi connectivity index (χ3n) is 3.70. The maximum absolute atomic E-state index is 12.4. The van der Waals surface area contributed by atoms with Crippen LogP contribution >= 0.6 is 0 Å². The van der Waals surface area contributed by atoms with E-state index in [1.165, 1.54) is 0 Å². The van der Waals surface area contributed by atoms with E-state index >= 15 is 0 Å². The van der Waals surface area contributed by atoms with Gasteiger partial charge in [0.25, 0.3) is 0 Å². The Morgan fingerprint density at radius 1 is 1.43 bits per heavy atom. The van der Waals surface area contributed by atoms with Crippen molar-refractivity contribution in [1.29, 1.82) is 0 Å². The smallest absolute Gasteiger partial charge is 0.231 e. The van der Waals surface area contributed by atoms with Crippen molar-refractivity contribution in [3.8, 4) is 0 Å². The summed E-state index contributed by atoms with van der Waals surface area (Å²) in [6.45, 7) is 4.09. The van der Waals surface area contributed by atoms with Gasteiger partial charge in [-0.1, -0.05) is 19.1 Å². The van der Waals surface area contributed by atoms with Crippen molar-refractivity contribution in [3.63, 3.8) is 0 Å². The number of likely N-dealkylation sites (N-methyl/N-ethyl adjacent to an activating group) is 1. The molecule has 2 atom stereocenters. The lowest BCUT2D eigenvalue weighted by Gasteiger charge is -2.18. The molecule has 0 aromatic heterocycles. The first-order chi connectivity index (χ1) is 10.2. The number of carbonyl (C=O) groups is 1. The molecular formula is C16H24N2O3. The van der Waals surface area contributed by atoms with E-state index in [9.17, 15) is 4.79 Å². The molecule has 1 saturated heterocycles. The van der Waals surface area contributed by atoms with E-state index in [-0.39, 0.29) is 24.5 Å². The summed E-state index contributed by atoms with van der Waals surface area (Å²) in [4.78, 5) is 12.4. The van der Waals surface area contributed by atoms with Crippen LogP contribution in [0, 0.1) is 5.92 Å². The number of hydrogen-bond acceptors (Lipinski definition) is 4. The number of carbonyl (C=O) groups excluding carboxylic acids is 1. The van der Waals surface area contributed by atoms with Gasteiger partial charge >= 0.3 is 0 Å². The highest BCUT2D eigenvalue weighted by atomic mass is 16.5. The molecule has 0 saturated carbocycles. The first-order valence-corrected chi connectivity index (χ1v) is 7.56. The molecule has 1 aliphatic rings. The van der Waals surface area contributed by atoms with Gasteiger partial charge in [-0.2, -0.15) is 0 Å². The number of anilines is 1. The molecule has 2 rings (SSSR count). The lowest BCUT2D eigenvalue weighted by Crippen LogP contribution is -2.41. The van der Waals surface area contributed by atoms with E-state index in [4.69, 9.17) is 9.84 Å². The Bertz CT molecular complexity index is 465. The van der Waals surface area contributed by atoms with Gasteiger partial charge in [0.05, 0.1) is 19.1 Å². The monoisotopic (exact) mass is 292 g/mol. The molecule has 5 nitrogen and oxygen atoms in total. The molecule has 1 aromatic rings. The van der Waals surface area contributed by atoms with Gasteiger partial charge < -0.3 is 20.5 Å². The van der Waals surface area contributed by atoms with Crippen LogP contribution < -0.4 is 10.6 Å². The third-order valence-corrected chi connectivity index (χ3v) is 3.70. The first-order valence-electron chi connectivity index (χ1n) is 7.56. The quantitative estimate of drug-likeness (QED) is 0.705. The lowest BCUT2D eigenvalue weighted by molar-refractivity contribution is -0.120. The summed E-state index contributed by atoms with van der Waals surface area (Å²) in [5.41, 5.74) is 1.92. The SMILES string of the molecule is CCNC1COCC1C(=O)Nc1cccc(CCCO)c1. The molecule has 1 aromatic carbocycles. The highest BCUT2D eigenvalue weighted by Gasteiger charge is 2.33. The summed E-state index contributed by atoms with van der Waals surface area (Å²) in [6, 6.07) is 7.87. The number of aliphatic hydroxyl groups is 1. The van der Waals surface area contributed by atoms with Crippen LogP contribution in [0.25, 0.3) is 0 Å². The van der Waals surface area contributed by atoms with Gasteiger partial charge in [0.1, 0.15) is 0 Å². The van der Waals surface area contributed by atoms with Crippen LogP contribution in [0.2, 0.25) is 0 Å². The second-order valence-corrected chi connectivity index (χ2v) is 5.32. The number of hydrogen-bond donors (Lipinski definition) is 3. The predicted molar refractivity (Wildman–Crippen MR) is 82.3 cm³/mol. The zero-order valence-electron chi connectivity index (χ0n) is 12.5. The second kappa shape index (κ2) is 8.12. The molecule has 0 aliphatic carbocycles. The van der Waals surface area contributed by atoms with Crippen molar-refractivity contribution in [1.82, 2.24) is 5.32 Å². The topological polar surface area (TPSA) is 70.6 Å². The molecule has 1 heterocycles. The van der Waals surface area contributed by atoms with E-state index < -0.39 is 0 Å². The third kappa shape index (κ3) is 4.52. The number of benzene rings is 1. The van der Waals surface area contributed by atoms with Gasteiger partial charge in [0.2, 0.25) is 5.91 Å². The van der Waals surface area contributed by atoms with Crippen molar-refractivity contribution in [2.45, 2.75) is 25.8 Å². The maximum Gasteiger partial charge on any atom is 0.231 e. The molecule has 1 amide bonds. The summed E-state index contributed by atoms with van der Waals surface area (Å²) in [6.07, 6.45) is 1.54. The van der Waals surface area contributed by atoms with Gasteiger partial charge in [0.15, 0.2) is 0 Å². The zero-order chi connectivity index (χ0) is 15.1. The van der Waals surface area contributed by atoms with Crippen LogP contribution in [-0.4, -0.2) is 43.4 Å².